The number of Topliss-reactive ketones (excluding diaryl/α,β-unsaturated/α-hetero) is 1. The molecule has 1 atom stereocenters. The van der Waals surface area contributed by atoms with Crippen LogP contribution in [-0.4, -0.2) is 31.0 Å². The zero-order valence-electron chi connectivity index (χ0n) is 13.6. The molecule has 0 saturated heterocycles. The molecular weight excluding hydrogens is 390 g/mol. The van der Waals surface area contributed by atoms with E-state index in [-0.39, 0.29) is 5.56 Å². The van der Waals surface area contributed by atoms with Gasteiger partial charge in [0.2, 0.25) is 0 Å². The van der Waals surface area contributed by atoms with Crippen LogP contribution in [-0.2, 0) is 10.4 Å². The number of ether oxygens (including phenoxy) is 2. The number of carbonyl (C=O) groups excluding carboxylic acids is 2. The predicted octanol–water partition coefficient (Wildman–Crippen LogP) is 2.88. The van der Waals surface area contributed by atoms with Crippen molar-refractivity contribution in [3.63, 3.8) is 0 Å². The molecule has 1 amide bonds. The Morgan fingerprint density at radius 2 is 1.96 bits per heavy atom. The van der Waals surface area contributed by atoms with E-state index in [4.69, 9.17) is 9.47 Å². The van der Waals surface area contributed by atoms with E-state index in [0.29, 0.717) is 27.2 Å². The molecule has 130 valence electrons. The summed E-state index contributed by atoms with van der Waals surface area (Å²) < 4.78 is 11.1. The van der Waals surface area contributed by atoms with Gasteiger partial charge in [-0.25, -0.2) is 0 Å². The molecule has 0 bridgehead atoms. The van der Waals surface area contributed by atoms with E-state index < -0.39 is 23.7 Å². The number of benzene rings is 2. The average Bonchev–Trinajstić information content (AvgIpc) is 2.85. The largest absolute Gasteiger partial charge is 0.497 e. The smallest absolute Gasteiger partial charge is 0.261 e. The van der Waals surface area contributed by atoms with Crippen LogP contribution in [0, 0.1) is 0 Å². The fourth-order valence-corrected chi connectivity index (χ4v) is 3.21. The Morgan fingerprint density at radius 3 is 2.64 bits per heavy atom. The first-order chi connectivity index (χ1) is 11.9. The summed E-state index contributed by atoms with van der Waals surface area (Å²) in [6.45, 7) is 0. The van der Waals surface area contributed by atoms with Crippen LogP contribution in [0.5, 0.6) is 11.5 Å². The normalized spacial score (nSPS) is 18.5. The zero-order chi connectivity index (χ0) is 18.2. The molecule has 0 saturated carbocycles. The lowest BCUT2D eigenvalue weighted by Gasteiger charge is -2.21. The van der Waals surface area contributed by atoms with E-state index in [0.717, 1.165) is 0 Å². The summed E-state index contributed by atoms with van der Waals surface area (Å²) in [5.41, 5.74) is -0.848. The molecule has 0 fully saturated rings. The van der Waals surface area contributed by atoms with E-state index >= 15 is 0 Å². The molecule has 0 aliphatic carbocycles. The summed E-state index contributed by atoms with van der Waals surface area (Å²) in [5, 5.41) is 13.5. The first kappa shape index (κ1) is 17.4. The lowest BCUT2D eigenvalue weighted by Crippen LogP contribution is -2.36. The number of hydrogen-bond donors (Lipinski definition) is 2. The molecular formula is C18H16BrNO5. The van der Waals surface area contributed by atoms with Crippen LogP contribution in [0.2, 0.25) is 0 Å². The van der Waals surface area contributed by atoms with Gasteiger partial charge in [0.1, 0.15) is 11.5 Å². The molecule has 0 aromatic heterocycles. The number of halogens is 1. The van der Waals surface area contributed by atoms with Crippen LogP contribution in [0.4, 0.5) is 5.69 Å². The van der Waals surface area contributed by atoms with Crippen LogP contribution >= 0.6 is 15.9 Å². The van der Waals surface area contributed by atoms with Crippen LogP contribution in [0.25, 0.3) is 0 Å². The lowest BCUT2D eigenvalue weighted by molar-refractivity contribution is -0.133. The van der Waals surface area contributed by atoms with Gasteiger partial charge in [-0.3, -0.25) is 9.59 Å². The van der Waals surface area contributed by atoms with Crippen LogP contribution in [0.15, 0.2) is 40.9 Å². The van der Waals surface area contributed by atoms with Gasteiger partial charge in [-0.1, -0.05) is 15.9 Å². The Morgan fingerprint density at radius 1 is 1.20 bits per heavy atom. The maximum absolute atomic E-state index is 12.8. The number of carbonyl (C=O) groups is 2. The molecule has 1 heterocycles. The first-order valence-corrected chi connectivity index (χ1v) is 8.27. The summed E-state index contributed by atoms with van der Waals surface area (Å²) in [7, 11) is 2.93. The van der Waals surface area contributed by atoms with Gasteiger partial charge in [-0.05, 0) is 36.4 Å². The van der Waals surface area contributed by atoms with Gasteiger partial charge < -0.3 is 19.9 Å². The summed E-state index contributed by atoms with van der Waals surface area (Å²) in [5.74, 6) is -0.227. The minimum atomic E-state index is -1.94. The van der Waals surface area contributed by atoms with E-state index in [9.17, 15) is 14.7 Å². The highest BCUT2D eigenvalue weighted by molar-refractivity contribution is 9.10. The van der Waals surface area contributed by atoms with Crippen molar-refractivity contribution in [2.75, 3.05) is 19.5 Å². The van der Waals surface area contributed by atoms with Crippen molar-refractivity contribution in [2.45, 2.75) is 12.0 Å². The standard InChI is InChI=1S/C18H16BrNO5/c1-24-11-4-6-16(25-2)12(8-11)15(21)9-18(23)13-7-10(19)3-5-14(13)20-17(18)22/h3-8,23H,9H2,1-2H3,(H,20,22)/t18-/m1/s1. The van der Waals surface area contributed by atoms with Gasteiger partial charge in [0.05, 0.1) is 26.2 Å². The van der Waals surface area contributed by atoms with Gasteiger partial charge in [0.25, 0.3) is 5.91 Å². The number of fused-ring (bicyclic) bond motifs is 1. The third-order valence-corrected chi connectivity index (χ3v) is 4.67. The zero-order valence-corrected chi connectivity index (χ0v) is 15.2. The molecule has 2 aromatic carbocycles. The number of rotatable bonds is 5. The van der Waals surface area contributed by atoms with Gasteiger partial charge in [-0.2, -0.15) is 0 Å². The van der Waals surface area contributed by atoms with Crippen molar-refractivity contribution in [2.24, 2.45) is 0 Å². The molecule has 3 rings (SSSR count). The third-order valence-electron chi connectivity index (χ3n) is 4.17. The van der Waals surface area contributed by atoms with Crippen molar-refractivity contribution in [3.05, 3.63) is 52.0 Å². The summed E-state index contributed by atoms with van der Waals surface area (Å²) in [6.07, 6.45) is -0.411. The average molecular weight is 406 g/mol. The van der Waals surface area contributed by atoms with E-state index in [2.05, 4.69) is 21.2 Å². The molecule has 2 N–H and O–H groups in total. The number of amides is 1. The van der Waals surface area contributed by atoms with Crippen molar-refractivity contribution >= 4 is 33.3 Å². The Bertz CT molecular complexity index is 867. The Labute approximate surface area is 152 Å². The maximum atomic E-state index is 12.8. The molecule has 6 nitrogen and oxygen atoms in total. The lowest BCUT2D eigenvalue weighted by atomic mass is 9.88. The third kappa shape index (κ3) is 3.01. The number of nitrogens with one attached hydrogen (secondary N) is 1. The van der Waals surface area contributed by atoms with E-state index in [1.165, 1.54) is 20.3 Å². The number of hydrogen-bond acceptors (Lipinski definition) is 5. The molecule has 2 aromatic rings. The Balaban J connectivity index is 1.99. The van der Waals surface area contributed by atoms with E-state index in [1.807, 2.05) is 0 Å². The van der Waals surface area contributed by atoms with Crippen LogP contribution in [0.1, 0.15) is 22.3 Å². The summed E-state index contributed by atoms with van der Waals surface area (Å²) >= 11 is 3.32. The fraction of sp³-hybridized carbons (Fsp3) is 0.222. The first-order valence-electron chi connectivity index (χ1n) is 7.48. The Kier molecular flexibility index (Phi) is 4.53. The molecule has 0 spiro atoms. The number of anilines is 1. The summed E-state index contributed by atoms with van der Waals surface area (Å²) in [6, 6.07) is 9.85. The molecule has 0 unspecified atom stereocenters. The highest BCUT2D eigenvalue weighted by atomic mass is 79.9. The SMILES string of the molecule is COc1ccc(OC)c(C(=O)C[C@]2(O)C(=O)Nc3ccc(Br)cc32)c1. The minimum absolute atomic E-state index is 0.242. The molecule has 7 heteroatoms. The molecule has 0 radical (unpaired) electrons. The number of aliphatic hydroxyl groups is 1. The maximum Gasteiger partial charge on any atom is 0.261 e. The second-order valence-corrected chi connectivity index (χ2v) is 6.59. The Hall–Kier alpha value is -2.38. The second-order valence-electron chi connectivity index (χ2n) is 5.67. The number of ketones is 1. The van der Waals surface area contributed by atoms with Gasteiger partial charge in [-0.15, -0.1) is 0 Å². The minimum Gasteiger partial charge on any atom is -0.497 e. The highest BCUT2D eigenvalue weighted by Crippen LogP contribution is 2.41. The molecule has 25 heavy (non-hydrogen) atoms. The van der Waals surface area contributed by atoms with Gasteiger partial charge >= 0.3 is 0 Å². The van der Waals surface area contributed by atoms with Crippen molar-refractivity contribution < 1.29 is 24.2 Å². The molecule has 1 aliphatic heterocycles. The predicted molar refractivity (Wildman–Crippen MR) is 95.2 cm³/mol. The van der Waals surface area contributed by atoms with Gasteiger partial charge in [0.15, 0.2) is 11.4 Å². The van der Waals surface area contributed by atoms with Crippen molar-refractivity contribution in [1.82, 2.24) is 0 Å². The molecule has 1 aliphatic rings. The van der Waals surface area contributed by atoms with Gasteiger partial charge in [0, 0.05) is 15.7 Å². The highest BCUT2D eigenvalue weighted by Gasteiger charge is 2.47. The van der Waals surface area contributed by atoms with Crippen molar-refractivity contribution in [3.8, 4) is 11.5 Å². The topological polar surface area (TPSA) is 84.9 Å². The van der Waals surface area contributed by atoms with E-state index in [1.54, 1.807) is 30.3 Å². The van der Waals surface area contributed by atoms with Crippen LogP contribution < -0.4 is 14.8 Å². The van der Waals surface area contributed by atoms with Crippen LogP contribution in [0.3, 0.4) is 0 Å². The monoisotopic (exact) mass is 405 g/mol. The second kappa shape index (κ2) is 6.50. The summed E-state index contributed by atoms with van der Waals surface area (Å²) in [4.78, 5) is 25.1. The quantitative estimate of drug-likeness (QED) is 0.747. The number of methoxy groups -OCH3 is 2. The fourth-order valence-electron chi connectivity index (χ4n) is 2.85. The van der Waals surface area contributed by atoms with Crippen molar-refractivity contribution in [1.29, 1.82) is 0 Å².